The Hall–Kier alpha value is -1.58. The molecule has 4 nitrogen and oxygen atoms in total. The molecule has 1 aliphatic heterocycles. The highest BCUT2D eigenvalue weighted by Gasteiger charge is 2.58. The van der Waals surface area contributed by atoms with Crippen molar-refractivity contribution >= 4 is 11.8 Å². The number of allylic oxidation sites excluding steroid dienone is 2. The fraction of sp³-hybridized carbons (Fsp3) is 0.739. The maximum Gasteiger partial charge on any atom is 0.243 e. The van der Waals surface area contributed by atoms with Crippen LogP contribution in [0, 0.1) is 28.6 Å². The Morgan fingerprint density at radius 1 is 1.22 bits per heavy atom. The molecule has 0 aromatic rings. The van der Waals surface area contributed by atoms with Gasteiger partial charge in [-0.1, -0.05) is 31.6 Å². The van der Waals surface area contributed by atoms with Gasteiger partial charge in [0, 0.05) is 22.4 Å². The second-order valence-corrected chi connectivity index (χ2v) is 10.7. The first kappa shape index (κ1) is 18.8. The van der Waals surface area contributed by atoms with Gasteiger partial charge in [-0.2, -0.15) is 0 Å². The van der Waals surface area contributed by atoms with Gasteiger partial charge in [0.25, 0.3) is 0 Å². The summed E-state index contributed by atoms with van der Waals surface area (Å²) in [4.78, 5) is 24.8. The average molecular weight is 371 g/mol. The van der Waals surface area contributed by atoms with Crippen molar-refractivity contribution in [3.05, 3.63) is 23.8 Å². The van der Waals surface area contributed by atoms with Gasteiger partial charge in [-0.05, 0) is 70.8 Å². The molecule has 148 valence electrons. The number of rotatable bonds is 1. The van der Waals surface area contributed by atoms with E-state index in [4.69, 9.17) is 0 Å². The summed E-state index contributed by atoms with van der Waals surface area (Å²) in [5, 5.41) is 6.42. The van der Waals surface area contributed by atoms with Crippen molar-refractivity contribution in [1.29, 1.82) is 0 Å². The fourth-order valence-electron chi connectivity index (χ4n) is 6.52. The van der Waals surface area contributed by atoms with Gasteiger partial charge in [0.15, 0.2) is 0 Å². The van der Waals surface area contributed by atoms with Crippen LogP contribution in [-0.4, -0.2) is 23.4 Å². The SMILES string of the molecule is CC(C)(C)NC(=O)[C@H]1CC=C2[C@@H]3CC[C@H]4NC(=O)C=C[C@]4(C)[C@H]3CC[C@@]21C. The van der Waals surface area contributed by atoms with Crippen LogP contribution in [0.4, 0.5) is 0 Å². The Morgan fingerprint density at radius 2 is 1.96 bits per heavy atom. The standard InChI is InChI=1S/C23H34N2O2/c1-21(2,3)25-20(27)17-8-7-15-14-6-9-18-23(5,13-11-19(26)24-18)16(14)10-12-22(15,17)4/h7,11,13-14,16-18H,6,8-10,12H2,1-5H3,(H,24,26)(H,25,27)/t14-,16-,17+,18+,22-,23+/m0/s1. The van der Waals surface area contributed by atoms with Crippen LogP contribution < -0.4 is 10.6 Å². The van der Waals surface area contributed by atoms with Crippen molar-refractivity contribution in [2.24, 2.45) is 28.6 Å². The van der Waals surface area contributed by atoms with Gasteiger partial charge in [-0.3, -0.25) is 9.59 Å². The predicted octanol–water partition coefficient (Wildman–Crippen LogP) is 3.73. The Morgan fingerprint density at radius 3 is 2.67 bits per heavy atom. The zero-order valence-electron chi connectivity index (χ0n) is 17.4. The van der Waals surface area contributed by atoms with Crippen LogP contribution in [0.1, 0.15) is 66.7 Å². The minimum Gasteiger partial charge on any atom is -0.351 e. The average Bonchev–Trinajstić information content (AvgIpc) is 2.91. The molecule has 0 unspecified atom stereocenters. The molecule has 2 fully saturated rings. The minimum absolute atomic E-state index is 0.0126. The first-order valence-corrected chi connectivity index (χ1v) is 10.6. The van der Waals surface area contributed by atoms with E-state index in [9.17, 15) is 9.59 Å². The number of hydrogen-bond donors (Lipinski definition) is 2. The number of nitrogens with one attached hydrogen (secondary N) is 2. The summed E-state index contributed by atoms with van der Waals surface area (Å²) < 4.78 is 0. The van der Waals surface area contributed by atoms with E-state index in [0.29, 0.717) is 11.8 Å². The van der Waals surface area contributed by atoms with Crippen molar-refractivity contribution in [3.63, 3.8) is 0 Å². The molecule has 0 spiro atoms. The second kappa shape index (κ2) is 5.96. The molecule has 2 amide bonds. The molecule has 4 heteroatoms. The van der Waals surface area contributed by atoms with E-state index in [1.54, 1.807) is 6.08 Å². The quantitative estimate of drug-likeness (QED) is 0.691. The molecule has 27 heavy (non-hydrogen) atoms. The van der Waals surface area contributed by atoms with E-state index in [2.05, 4.69) is 57.4 Å². The van der Waals surface area contributed by atoms with E-state index >= 15 is 0 Å². The van der Waals surface area contributed by atoms with E-state index < -0.39 is 0 Å². The molecule has 6 atom stereocenters. The van der Waals surface area contributed by atoms with Gasteiger partial charge >= 0.3 is 0 Å². The Labute approximate surface area is 163 Å². The number of carbonyl (C=O) groups excluding carboxylic acids is 2. The molecule has 1 heterocycles. The molecule has 0 bridgehead atoms. The summed E-state index contributed by atoms with van der Waals surface area (Å²) in [5.74, 6) is 1.41. The lowest BCUT2D eigenvalue weighted by molar-refractivity contribution is -0.130. The lowest BCUT2D eigenvalue weighted by Crippen LogP contribution is -2.58. The topological polar surface area (TPSA) is 58.2 Å². The molecule has 2 N–H and O–H groups in total. The summed E-state index contributed by atoms with van der Waals surface area (Å²) in [7, 11) is 0. The van der Waals surface area contributed by atoms with E-state index in [1.165, 1.54) is 5.57 Å². The van der Waals surface area contributed by atoms with Crippen LogP contribution in [-0.2, 0) is 9.59 Å². The Balaban J connectivity index is 1.60. The molecular formula is C23H34N2O2. The number of fused-ring (bicyclic) bond motifs is 5. The summed E-state index contributed by atoms with van der Waals surface area (Å²) in [6.45, 7) is 10.8. The van der Waals surface area contributed by atoms with Crippen molar-refractivity contribution in [3.8, 4) is 0 Å². The number of hydrogen-bond acceptors (Lipinski definition) is 2. The van der Waals surface area contributed by atoms with Crippen LogP contribution in [0.5, 0.6) is 0 Å². The summed E-state index contributed by atoms with van der Waals surface area (Å²) in [6.07, 6.45) is 11.5. The molecule has 2 saturated carbocycles. The van der Waals surface area contributed by atoms with Crippen LogP contribution in [0.3, 0.4) is 0 Å². The molecular weight excluding hydrogens is 336 g/mol. The molecule has 3 aliphatic carbocycles. The molecule has 0 radical (unpaired) electrons. The lowest BCUT2D eigenvalue weighted by atomic mass is 9.49. The van der Waals surface area contributed by atoms with Crippen LogP contribution in [0.25, 0.3) is 0 Å². The third-order valence-corrected chi connectivity index (χ3v) is 7.90. The van der Waals surface area contributed by atoms with Crippen molar-refractivity contribution in [2.45, 2.75) is 78.3 Å². The number of carbonyl (C=O) groups is 2. The zero-order valence-corrected chi connectivity index (χ0v) is 17.4. The highest BCUT2D eigenvalue weighted by molar-refractivity contribution is 5.89. The summed E-state index contributed by atoms with van der Waals surface area (Å²) in [6, 6.07) is 0.252. The van der Waals surface area contributed by atoms with Crippen molar-refractivity contribution < 1.29 is 9.59 Å². The Bertz CT molecular complexity index is 731. The van der Waals surface area contributed by atoms with Crippen LogP contribution in [0.2, 0.25) is 0 Å². The van der Waals surface area contributed by atoms with Gasteiger partial charge < -0.3 is 10.6 Å². The van der Waals surface area contributed by atoms with Crippen LogP contribution in [0.15, 0.2) is 23.8 Å². The predicted molar refractivity (Wildman–Crippen MR) is 107 cm³/mol. The minimum atomic E-state index is -0.190. The van der Waals surface area contributed by atoms with Gasteiger partial charge in [0.1, 0.15) is 0 Å². The third-order valence-electron chi connectivity index (χ3n) is 7.90. The van der Waals surface area contributed by atoms with Gasteiger partial charge in [-0.25, -0.2) is 0 Å². The largest absolute Gasteiger partial charge is 0.351 e. The monoisotopic (exact) mass is 370 g/mol. The maximum absolute atomic E-state index is 13.0. The number of amides is 2. The molecule has 0 aromatic heterocycles. The molecule has 0 saturated heterocycles. The Kier molecular flexibility index (Phi) is 4.14. The second-order valence-electron chi connectivity index (χ2n) is 10.7. The van der Waals surface area contributed by atoms with E-state index in [-0.39, 0.29) is 40.1 Å². The normalized spacial score (nSPS) is 43.1. The molecule has 4 aliphatic rings. The van der Waals surface area contributed by atoms with Gasteiger partial charge in [-0.15, -0.1) is 0 Å². The van der Waals surface area contributed by atoms with Crippen molar-refractivity contribution in [2.75, 3.05) is 0 Å². The zero-order chi connectivity index (χ0) is 19.6. The fourth-order valence-corrected chi connectivity index (χ4v) is 6.52. The first-order chi connectivity index (χ1) is 12.5. The summed E-state index contributed by atoms with van der Waals surface area (Å²) >= 11 is 0. The van der Waals surface area contributed by atoms with Gasteiger partial charge in [0.2, 0.25) is 11.8 Å². The van der Waals surface area contributed by atoms with Crippen LogP contribution >= 0.6 is 0 Å². The lowest BCUT2D eigenvalue weighted by Gasteiger charge is -2.57. The molecule has 0 aromatic carbocycles. The molecule has 4 rings (SSSR count). The first-order valence-electron chi connectivity index (χ1n) is 10.6. The highest BCUT2D eigenvalue weighted by atomic mass is 16.2. The maximum atomic E-state index is 13.0. The highest BCUT2D eigenvalue weighted by Crippen LogP contribution is 2.62. The van der Waals surface area contributed by atoms with Gasteiger partial charge in [0.05, 0.1) is 5.92 Å². The smallest absolute Gasteiger partial charge is 0.243 e. The van der Waals surface area contributed by atoms with E-state index in [1.807, 2.05) is 0 Å². The van der Waals surface area contributed by atoms with E-state index in [0.717, 1.165) is 32.1 Å². The third kappa shape index (κ3) is 2.87. The van der Waals surface area contributed by atoms with Crippen molar-refractivity contribution in [1.82, 2.24) is 10.6 Å². The summed E-state index contributed by atoms with van der Waals surface area (Å²) in [5.41, 5.74) is 1.36.